The monoisotopic (exact) mass is 289 g/mol. The number of rotatable bonds is 2. The number of hydrogen-bond acceptors (Lipinski definition) is 1. The van der Waals surface area contributed by atoms with Gasteiger partial charge in [0.2, 0.25) is 0 Å². The van der Waals surface area contributed by atoms with Crippen LogP contribution >= 0.6 is 0 Å². The third kappa shape index (κ3) is 6.86. The molecule has 88 valence electrons. The minimum atomic E-state index is 0. The first kappa shape index (κ1) is 21.1. The first-order valence-corrected chi connectivity index (χ1v) is 4.71. The Balaban J connectivity index is -0.000000480. The molecule has 1 aliphatic heterocycles. The molecular weight excluding hydrogens is 263 g/mol. The van der Waals surface area contributed by atoms with Crippen LogP contribution in [0.5, 0.6) is 0 Å². The standard InChI is InChI=1S/C10H21N2.2CH3.Zr/c1-8(11-9(2,3)4)12-7-10(12,5)6;;;/h8H,7H2,1-6H3;2*1H3;/q3*-1;+4. The fourth-order valence-electron chi connectivity index (χ4n) is 1.65. The second-order valence-electron chi connectivity index (χ2n) is 5.37. The van der Waals surface area contributed by atoms with E-state index in [9.17, 15) is 0 Å². The normalized spacial score (nSPS) is 24.0. The van der Waals surface area contributed by atoms with Gasteiger partial charge < -0.3 is 25.1 Å². The molecule has 1 heterocycles. The number of nitrogens with zero attached hydrogens (tertiary/aromatic N) is 2. The summed E-state index contributed by atoms with van der Waals surface area (Å²) in [4.78, 5) is 2.41. The van der Waals surface area contributed by atoms with E-state index in [1.807, 2.05) is 0 Å². The van der Waals surface area contributed by atoms with Crippen molar-refractivity contribution >= 4 is 0 Å². The van der Waals surface area contributed by atoms with E-state index in [4.69, 9.17) is 5.32 Å². The van der Waals surface area contributed by atoms with Gasteiger partial charge in [0, 0.05) is 12.1 Å². The van der Waals surface area contributed by atoms with Crippen molar-refractivity contribution in [1.82, 2.24) is 4.90 Å². The van der Waals surface area contributed by atoms with Crippen LogP contribution in [0.25, 0.3) is 5.32 Å². The van der Waals surface area contributed by atoms with Crippen LogP contribution in [0.4, 0.5) is 0 Å². The van der Waals surface area contributed by atoms with Crippen molar-refractivity contribution in [3.8, 4) is 0 Å². The molecule has 0 amide bonds. The third-order valence-electron chi connectivity index (χ3n) is 2.26. The molecule has 0 aliphatic carbocycles. The molecule has 1 saturated heterocycles. The SMILES string of the molecule is CC([N-]C(C)(C)C)N1CC1(C)C.[CH3-].[CH3-].[Zr+4]. The van der Waals surface area contributed by atoms with E-state index in [1.54, 1.807) is 0 Å². The Morgan fingerprint density at radius 1 is 1.20 bits per heavy atom. The van der Waals surface area contributed by atoms with Gasteiger partial charge in [0.1, 0.15) is 0 Å². The fourth-order valence-corrected chi connectivity index (χ4v) is 1.65. The van der Waals surface area contributed by atoms with Crippen molar-refractivity contribution in [3.05, 3.63) is 20.2 Å². The third-order valence-corrected chi connectivity index (χ3v) is 2.26. The predicted molar refractivity (Wildman–Crippen MR) is 66.2 cm³/mol. The molecule has 2 unspecified atom stereocenters. The largest absolute Gasteiger partial charge is 4.00 e. The van der Waals surface area contributed by atoms with Crippen LogP contribution in [0, 0.1) is 14.9 Å². The molecule has 0 spiro atoms. The molecule has 0 aromatic rings. The van der Waals surface area contributed by atoms with E-state index < -0.39 is 0 Å². The first-order valence-electron chi connectivity index (χ1n) is 4.71. The minimum Gasteiger partial charge on any atom is -0.642 e. The Kier molecular flexibility index (Phi) is 9.18. The Morgan fingerprint density at radius 2 is 1.53 bits per heavy atom. The van der Waals surface area contributed by atoms with Gasteiger partial charge in [0.25, 0.3) is 0 Å². The van der Waals surface area contributed by atoms with Gasteiger partial charge in [-0.15, -0.1) is 5.54 Å². The Hall–Kier alpha value is 0.803. The molecule has 0 bridgehead atoms. The molecule has 1 rings (SSSR count). The fraction of sp³-hybridized carbons (Fsp3) is 0.833. The molecular formula is C12H27N2Zr+. The van der Waals surface area contributed by atoms with Crippen LogP contribution in [0.15, 0.2) is 0 Å². The molecule has 0 N–H and O–H groups in total. The Morgan fingerprint density at radius 3 is 1.73 bits per heavy atom. The summed E-state index contributed by atoms with van der Waals surface area (Å²) in [7, 11) is 0. The maximum Gasteiger partial charge on any atom is 4.00 e. The summed E-state index contributed by atoms with van der Waals surface area (Å²) in [6, 6.07) is 0. The van der Waals surface area contributed by atoms with Crippen LogP contribution in [-0.2, 0) is 26.2 Å². The molecule has 2 nitrogen and oxygen atoms in total. The minimum absolute atomic E-state index is 0. The zero-order valence-corrected chi connectivity index (χ0v) is 14.1. The maximum atomic E-state index is 4.69. The molecule has 0 radical (unpaired) electrons. The topological polar surface area (TPSA) is 17.1 Å². The molecule has 1 aliphatic rings. The van der Waals surface area contributed by atoms with Crippen LogP contribution in [0.3, 0.4) is 0 Å². The van der Waals surface area contributed by atoms with Crippen molar-refractivity contribution in [1.29, 1.82) is 0 Å². The van der Waals surface area contributed by atoms with Crippen molar-refractivity contribution in [2.45, 2.75) is 58.8 Å². The van der Waals surface area contributed by atoms with Gasteiger partial charge >= 0.3 is 26.2 Å². The van der Waals surface area contributed by atoms with Gasteiger partial charge in [-0.1, -0.05) is 33.9 Å². The van der Waals surface area contributed by atoms with E-state index >= 15 is 0 Å². The van der Waals surface area contributed by atoms with Gasteiger partial charge in [0.05, 0.1) is 0 Å². The zero-order valence-electron chi connectivity index (χ0n) is 11.7. The van der Waals surface area contributed by atoms with Crippen LogP contribution < -0.4 is 0 Å². The predicted octanol–water partition coefficient (Wildman–Crippen LogP) is 3.50. The molecule has 2 atom stereocenters. The summed E-state index contributed by atoms with van der Waals surface area (Å²) in [6.45, 7) is 14.4. The van der Waals surface area contributed by atoms with Gasteiger partial charge in [-0.25, -0.2) is 0 Å². The van der Waals surface area contributed by atoms with Crippen molar-refractivity contribution < 1.29 is 26.2 Å². The van der Waals surface area contributed by atoms with Crippen molar-refractivity contribution in [2.75, 3.05) is 6.54 Å². The average molecular weight is 291 g/mol. The van der Waals surface area contributed by atoms with Gasteiger partial charge in [-0.2, -0.15) is 0 Å². The van der Waals surface area contributed by atoms with Gasteiger partial charge in [-0.3, -0.25) is 0 Å². The summed E-state index contributed by atoms with van der Waals surface area (Å²) in [5.41, 5.74) is 0.492. The molecule has 1 fully saturated rings. The second kappa shape index (κ2) is 6.52. The molecule has 0 aromatic heterocycles. The molecule has 3 heteroatoms. The smallest absolute Gasteiger partial charge is 0.642 e. The van der Waals surface area contributed by atoms with Crippen molar-refractivity contribution in [3.63, 3.8) is 0 Å². The molecule has 15 heavy (non-hydrogen) atoms. The van der Waals surface area contributed by atoms with Gasteiger partial charge in [0.15, 0.2) is 0 Å². The van der Waals surface area contributed by atoms with E-state index in [1.165, 1.54) is 6.54 Å². The summed E-state index contributed by atoms with van der Waals surface area (Å²) in [5, 5.41) is 4.69. The van der Waals surface area contributed by atoms with E-state index in [-0.39, 0.29) is 46.6 Å². The molecule has 0 saturated carbocycles. The van der Waals surface area contributed by atoms with Crippen LogP contribution in [0.2, 0.25) is 0 Å². The van der Waals surface area contributed by atoms with Gasteiger partial charge in [-0.05, 0) is 13.8 Å². The Labute approximate surface area is 116 Å². The zero-order chi connectivity index (χ0) is 9.57. The van der Waals surface area contributed by atoms with E-state index in [0.717, 1.165) is 0 Å². The summed E-state index contributed by atoms with van der Waals surface area (Å²) < 4.78 is 0. The quantitative estimate of drug-likeness (QED) is 0.562. The molecule has 0 aromatic carbocycles. The second-order valence-corrected chi connectivity index (χ2v) is 5.37. The van der Waals surface area contributed by atoms with E-state index in [2.05, 4.69) is 46.4 Å². The van der Waals surface area contributed by atoms with Crippen LogP contribution in [-0.4, -0.2) is 28.7 Å². The first-order chi connectivity index (χ1) is 5.22. The number of hydrogen-bond donors (Lipinski definition) is 0. The maximum absolute atomic E-state index is 4.69. The van der Waals surface area contributed by atoms with Crippen LogP contribution in [0.1, 0.15) is 41.5 Å². The summed E-state index contributed by atoms with van der Waals surface area (Å²) in [5.74, 6) is 0. The van der Waals surface area contributed by atoms with Crippen molar-refractivity contribution in [2.24, 2.45) is 0 Å². The van der Waals surface area contributed by atoms with E-state index in [0.29, 0.717) is 11.7 Å². The summed E-state index contributed by atoms with van der Waals surface area (Å²) in [6.07, 6.45) is 0.375. The average Bonchev–Trinajstić information content (AvgIpc) is 2.35. The Bertz CT molecular complexity index is 173. The summed E-state index contributed by atoms with van der Waals surface area (Å²) >= 11 is 0.